The number of nitrogens with zero attached hydrogens (tertiary/aromatic N) is 2. The number of hydrogen-bond donors (Lipinski definition) is 1. The van der Waals surface area contributed by atoms with E-state index in [2.05, 4.69) is 5.32 Å². The smallest absolute Gasteiger partial charge is 0.251 e. The molecule has 0 spiro atoms. The van der Waals surface area contributed by atoms with Gasteiger partial charge in [-0.25, -0.2) is 8.42 Å². The van der Waals surface area contributed by atoms with Gasteiger partial charge in [0.15, 0.2) is 0 Å². The molecule has 1 N–H and O–H groups in total. The van der Waals surface area contributed by atoms with E-state index in [1.807, 2.05) is 25.1 Å². The molecular weight excluding hydrogens is 390 g/mol. The molecule has 0 atom stereocenters. The summed E-state index contributed by atoms with van der Waals surface area (Å²) < 4.78 is 28.5. The van der Waals surface area contributed by atoms with Crippen molar-refractivity contribution in [3.8, 4) is 0 Å². The molecule has 1 saturated heterocycles. The number of aryl methyl sites for hydroxylation is 1. The quantitative estimate of drug-likeness (QED) is 0.783. The summed E-state index contributed by atoms with van der Waals surface area (Å²) in [6.45, 7) is 2.74. The molecule has 156 valence electrons. The SMILES string of the molecule is CCc1cccc(NC(=O)Cn2cc(S(=O)(=O)N3CCCCCC3)ccc2=O)c1. The maximum Gasteiger partial charge on any atom is 0.251 e. The van der Waals surface area contributed by atoms with Crippen LogP contribution in [0.1, 0.15) is 38.2 Å². The van der Waals surface area contributed by atoms with E-state index < -0.39 is 15.6 Å². The number of nitrogens with one attached hydrogen (secondary N) is 1. The van der Waals surface area contributed by atoms with Gasteiger partial charge in [0.05, 0.1) is 4.90 Å². The molecule has 2 aromatic rings. The lowest BCUT2D eigenvalue weighted by Gasteiger charge is -2.20. The summed E-state index contributed by atoms with van der Waals surface area (Å²) in [4.78, 5) is 24.6. The Hall–Kier alpha value is -2.45. The van der Waals surface area contributed by atoms with Crippen molar-refractivity contribution in [2.45, 2.75) is 50.5 Å². The second-order valence-corrected chi connectivity index (χ2v) is 9.19. The Morgan fingerprint density at radius 2 is 1.79 bits per heavy atom. The Labute approximate surface area is 171 Å². The van der Waals surface area contributed by atoms with Crippen LogP contribution in [0.15, 0.2) is 52.3 Å². The number of anilines is 1. The number of aromatic nitrogens is 1. The predicted molar refractivity (Wildman–Crippen MR) is 112 cm³/mol. The highest BCUT2D eigenvalue weighted by molar-refractivity contribution is 7.89. The van der Waals surface area contributed by atoms with Crippen molar-refractivity contribution in [3.63, 3.8) is 0 Å². The first-order valence-corrected chi connectivity index (χ1v) is 11.4. The van der Waals surface area contributed by atoms with Gasteiger partial charge in [-0.1, -0.05) is 31.9 Å². The van der Waals surface area contributed by atoms with Gasteiger partial charge in [-0.3, -0.25) is 9.59 Å². The van der Waals surface area contributed by atoms with Gasteiger partial charge < -0.3 is 9.88 Å². The van der Waals surface area contributed by atoms with Crippen molar-refractivity contribution in [1.29, 1.82) is 0 Å². The molecule has 1 aliphatic rings. The number of sulfonamides is 1. The molecule has 0 unspecified atom stereocenters. The minimum atomic E-state index is -3.69. The Bertz CT molecular complexity index is 1020. The Kier molecular flexibility index (Phi) is 6.87. The minimum Gasteiger partial charge on any atom is -0.325 e. The zero-order valence-corrected chi connectivity index (χ0v) is 17.5. The van der Waals surface area contributed by atoms with Crippen LogP contribution in [0.5, 0.6) is 0 Å². The summed E-state index contributed by atoms with van der Waals surface area (Å²) in [5.41, 5.74) is 1.32. The van der Waals surface area contributed by atoms with Crippen LogP contribution in [-0.4, -0.2) is 36.3 Å². The highest BCUT2D eigenvalue weighted by atomic mass is 32.2. The fourth-order valence-electron chi connectivity index (χ4n) is 3.44. The monoisotopic (exact) mass is 417 g/mol. The third-order valence-electron chi connectivity index (χ3n) is 5.09. The van der Waals surface area contributed by atoms with Gasteiger partial charge in [0.25, 0.3) is 5.56 Å². The normalized spacial score (nSPS) is 15.6. The summed E-state index contributed by atoms with van der Waals surface area (Å²) in [6.07, 6.45) is 5.82. The van der Waals surface area contributed by atoms with Gasteiger partial charge in [-0.15, -0.1) is 0 Å². The first-order chi connectivity index (χ1) is 13.9. The average Bonchev–Trinajstić information content (AvgIpc) is 3.00. The molecule has 1 aliphatic heterocycles. The van der Waals surface area contributed by atoms with Crippen LogP contribution in [0.2, 0.25) is 0 Å². The largest absolute Gasteiger partial charge is 0.325 e. The Morgan fingerprint density at radius 3 is 2.48 bits per heavy atom. The fraction of sp³-hybridized carbons (Fsp3) is 0.429. The molecule has 8 heteroatoms. The van der Waals surface area contributed by atoms with Crippen molar-refractivity contribution in [1.82, 2.24) is 8.87 Å². The van der Waals surface area contributed by atoms with Crippen molar-refractivity contribution in [3.05, 3.63) is 58.5 Å². The molecule has 1 fully saturated rings. The number of carbonyl (C=O) groups is 1. The summed E-state index contributed by atoms with van der Waals surface area (Å²) in [5, 5.41) is 2.76. The Balaban J connectivity index is 1.78. The van der Waals surface area contributed by atoms with E-state index in [0.717, 1.165) is 42.2 Å². The van der Waals surface area contributed by atoms with Gasteiger partial charge in [-0.05, 0) is 43.0 Å². The van der Waals surface area contributed by atoms with Crippen molar-refractivity contribution in [2.75, 3.05) is 18.4 Å². The molecule has 7 nitrogen and oxygen atoms in total. The van der Waals surface area contributed by atoms with E-state index in [1.165, 1.54) is 22.6 Å². The number of amides is 1. The molecule has 1 aromatic heterocycles. The highest BCUT2D eigenvalue weighted by Crippen LogP contribution is 2.19. The first kappa shape index (κ1) is 21.3. The van der Waals surface area contributed by atoms with Gasteiger partial charge >= 0.3 is 0 Å². The maximum absolute atomic E-state index is 13.0. The molecule has 29 heavy (non-hydrogen) atoms. The molecular formula is C21H27N3O4S. The van der Waals surface area contributed by atoms with Crippen LogP contribution < -0.4 is 10.9 Å². The van der Waals surface area contributed by atoms with Crippen molar-refractivity contribution in [2.24, 2.45) is 0 Å². The van der Waals surface area contributed by atoms with Crippen LogP contribution in [0.4, 0.5) is 5.69 Å². The highest BCUT2D eigenvalue weighted by Gasteiger charge is 2.25. The van der Waals surface area contributed by atoms with Crippen molar-refractivity contribution >= 4 is 21.6 Å². The zero-order valence-electron chi connectivity index (χ0n) is 16.6. The molecule has 0 radical (unpaired) electrons. The molecule has 0 saturated carbocycles. The third kappa shape index (κ3) is 5.33. The number of carbonyl (C=O) groups excluding carboxylic acids is 1. The van der Waals surface area contributed by atoms with Crippen LogP contribution in [-0.2, 0) is 27.8 Å². The Morgan fingerprint density at radius 1 is 1.07 bits per heavy atom. The molecule has 0 bridgehead atoms. The van der Waals surface area contributed by atoms with Crippen LogP contribution in [0, 0.1) is 0 Å². The van der Waals surface area contributed by atoms with Gasteiger partial charge in [0, 0.05) is 31.0 Å². The zero-order chi connectivity index (χ0) is 20.9. The lowest BCUT2D eigenvalue weighted by molar-refractivity contribution is -0.116. The number of benzene rings is 1. The molecule has 1 aromatic carbocycles. The fourth-order valence-corrected chi connectivity index (χ4v) is 4.98. The van der Waals surface area contributed by atoms with Gasteiger partial charge in [-0.2, -0.15) is 4.31 Å². The molecule has 0 aliphatic carbocycles. The third-order valence-corrected chi connectivity index (χ3v) is 6.97. The molecule has 3 rings (SSSR count). The lowest BCUT2D eigenvalue weighted by Crippen LogP contribution is -2.33. The number of hydrogen-bond acceptors (Lipinski definition) is 4. The predicted octanol–water partition coefficient (Wildman–Crippen LogP) is 2.61. The first-order valence-electron chi connectivity index (χ1n) is 9.99. The molecule has 1 amide bonds. The van der Waals surface area contributed by atoms with Crippen LogP contribution in [0.3, 0.4) is 0 Å². The van der Waals surface area contributed by atoms with E-state index >= 15 is 0 Å². The van der Waals surface area contributed by atoms with E-state index in [0.29, 0.717) is 18.8 Å². The van der Waals surface area contributed by atoms with E-state index in [9.17, 15) is 18.0 Å². The summed E-state index contributed by atoms with van der Waals surface area (Å²) in [7, 11) is -3.69. The van der Waals surface area contributed by atoms with Crippen molar-refractivity contribution < 1.29 is 13.2 Å². The average molecular weight is 418 g/mol. The van der Waals surface area contributed by atoms with Crippen LogP contribution >= 0.6 is 0 Å². The van der Waals surface area contributed by atoms with Gasteiger partial charge in [0.1, 0.15) is 6.54 Å². The summed E-state index contributed by atoms with van der Waals surface area (Å²) in [6, 6.07) is 10.0. The summed E-state index contributed by atoms with van der Waals surface area (Å²) >= 11 is 0. The van der Waals surface area contributed by atoms with E-state index in [1.54, 1.807) is 6.07 Å². The summed E-state index contributed by atoms with van der Waals surface area (Å²) in [5.74, 6) is -0.385. The topological polar surface area (TPSA) is 88.5 Å². The minimum absolute atomic E-state index is 0.0415. The second kappa shape index (κ2) is 9.37. The lowest BCUT2D eigenvalue weighted by atomic mass is 10.1. The second-order valence-electron chi connectivity index (χ2n) is 7.25. The number of rotatable bonds is 6. The van der Waals surface area contributed by atoms with E-state index in [4.69, 9.17) is 0 Å². The van der Waals surface area contributed by atoms with E-state index in [-0.39, 0.29) is 17.3 Å². The van der Waals surface area contributed by atoms with Crippen LogP contribution in [0.25, 0.3) is 0 Å². The number of pyridine rings is 1. The standard InChI is InChI=1S/C21H27N3O4S/c1-2-17-8-7-9-18(14-17)22-20(25)16-23-15-19(10-11-21(23)26)29(27,28)24-12-5-3-4-6-13-24/h7-11,14-15H,2-6,12-13,16H2,1H3,(H,22,25). The van der Waals surface area contributed by atoms with Gasteiger partial charge in [0.2, 0.25) is 15.9 Å². The maximum atomic E-state index is 13.0. The molecule has 2 heterocycles.